The highest BCUT2D eigenvalue weighted by molar-refractivity contribution is 7.99. The van der Waals surface area contributed by atoms with E-state index in [1.54, 1.807) is 4.90 Å². The third kappa shape index (κ3) is 5.00. The fraction of sp³-hybridized carbons (Fsp3) is 0.571. The minimum atomic E-state index is -0.171. The Morgan fingerprint density at radius 2 is 1.86 bits per heavy atom. The second kappa shape index (κ2) is 7.40. The first kappa shape index (κ1) is 15.8. The highest BCUT2D eigenvalue weighted by atomic mass is 32.2. The van der Waals surface area contributed by atoms with Gasteiger partial charge in [0, 0.05) is 24.5 Å². The average molecular weight is 308 g/mol. The van der Waals surface area contributed by atoms with Crippen LogP contribution in [-0.2, 0) is 9.59 Å². The lowest BCUT2D eigenvalue weighted by molar-refractivity contribution is -0.131. The predicted octanol–water partition coefficient (Wildman–Crippen LogP) is 0.924. The summed E-state index contributed by atoms with van der Waals surface area (Å²) < 4.78 is 0. The zero-order valence-electron chi connectivity index (χ0n) is 12.4. The van der Waals surface area contributed by atoms with Crippen molar-refractivity contribution in [2.75, 3.05) is 25.4 Å². The number of hydrogen-bond donors (Lipinski definition) is 1. The third-order valence-corrected chi connectivity index (χ3v) is 4.04. The highest BCUT2D eigenvalue weighted by Gasteiger charge is 2.18. The number of carbonyl (C=O) groups is 2. The molecule has 1 aromatic rings. The number of nitrogens with zero attached hydrogens (tertiary/aromatic N) is 3. The number of thioether (sulfide) groups is 1. The molecular weight excluding hydrogens is 288 g/mol. The molecular formula is C14H20N4O2S. The molecule has 1 N–H and O–H groups in total. The van der Waals surface area contributed by atoms with Crippen molar-refractivity contribution < 1.29 is 9.59 Å². The number of nitrogens with one attached hydrogen (secondary N) is 1. The standard InChI is InChI=1S/C14H20N4O2S/c1-10-7-11(2)17-14(16-10)21-9-12(19)15-8-13(20)18-5-3-4-6-18/h7H,3-6,8-9H2,1-2H3,(H,15,19). The van der Waals surface area contributed by atoms with E-state index < -0.39 is 0 Å². The number of likely N-dealkylation sites (tertiary alicyclic amines) is 1. The molecule has 0 radical (unpaired) electrons. The monoisotopic (exact) mass is 308 g/mol. The summed E-state index contributed by atoms with van der Waals surface area (Å²) in [4.78, 5) is 33.9. The molecule has 0 aliphatic carbocycles. The van der Waals surface area contributed by atoms with Crippen LogP contribution in [0.3, 0.4) is 0 Å². The summed E-state index contributed by atoms with van der Waals surface area (Å²) in [6, 6.07) is 1.89. The number of carbonyl (C=O) groups excluding carboxylic acids is 2. The van der Waals surface area contributed by atoms with Crippen molar-refractivity contribution in [2.45, 2.75) is 31.8 Å². The van der Waals surface area contributed by atoms with Crippen molar-refractivity contribution in [1.29, 1.82) is 0 Å². The van der Waals surface area contributed by atoms with Crippen LogP contribution in [0.1, 0.15) is 24.2 Å². The normalized spacial score (nSPS) is 14.3. The van der Waals surface area contributed by atoms with Gasteiger partial charge >= 0.3 is 0 Å². The Bertz CT molecular complexity index is 509. The van der Waals surface area contributed by atoms with Gasteiger partial charge in [0.1, 0.15) is 0 Å². The molecule has 1 aliphatic heterocycles. The molecule has 0 aromatic carbocycles. The van der Waals surface area contributed by atoms with Crippen LogP contribution < -0.4 is 5.32 Å². The summed E-state index contributed by atoms with van der Waals surface area (Å²) in [7, 11) is 0. The molecule has 21 heavy (non-hydrogen) atoms. The number of aromatic nitrogens is 2. The highest BCUT2D eigenvalue weighted by Crippen LogP contribution is 2.13. The van der Waals surface area contributed by atoms with E-state index in [4.69, 9.17) is 0 Å². The van der Waals surface area contributed by atoms with Gasteiger partial charge in [-0.25, -0.2) is 9.97 Å². The van der Waals surface area contributed by atoms with Crippen LogP contribution in [0.4, 0.5) is 0 Å². The van der Waals surface area contributed by atoms with E-state index in [-0.39, 0.29) is 24.1 Å². The predicted molar refractivity (Wildman–Crippen MR) is 81.1 cm³/mol. The van der Waals surface area contributed by atoms with Crippen LogP contribution in [0.15, 0.2) is 11.2 Å². The summed E-state index contributed by atoms with van der Waals surface area (Å²) in [5, 5.41) is 3.24. The average Bonchev–Trinajstić information content (AvgIpc) is 2.95. The van der Waals surface area contributed by atoms with E-state index >= 15 is 0 Å². The minimum absolute atomic E-state index is 0.00602. The van der Waals surface area contributed by atoms with Crippen LogP contribution >= 0.6 is 11.8 Å². The van der Waals surface area contributed by atoms with E-state index in [0.29, 0.717) is 5.16 Å². The summed E-state index contributed by atoms with van der Waals surface area (Å²) in [5.74, 6) is 0.0414. The summed E-state index contributed by atoms with van der Waals surface area (Å²) >= 11 is 1.28. The van der Waals surface area contributed by atoms with Gasteiger partial charge in [0.25, 0.3) is 0 Å². The Labute approximate surface area is 128 Å². The molecule has 2 amide bonds. The van der Waals surface area contributed by atoms with Gasteiger partial charge in [0.2, 0.25) is 11.8 Å². The molecule has 114 valence electrons. The second-order valence-corrected chi connectivity index (χ2v) is 6.03. The Kier molecular flexibility index (Phi) is 5.55. The van der Waals surface area contributed by atoms with Crippen LogP contribution in [0.25, 0.3) is 0 Å². The van der Waals surface area contributed by atoms with E-state index in [1.807, 2.05) is 19.9 Å². The SMILES string of the molecule is Cc1cc(C)nc(SCC(=O)NCC(=O)N2CCCC2)n1. The first-order valence-electron chi connectivity index (χ1n) is 7.04. The lowest BCUT2D eigenvalue weighted by Gasteiger charge is -2.15. The third-order valence-electron chi connectivity index (χ3n) is 3.19. The smallest absolute Gasteiger partial charge is 0.241 e. The van der Waals surface area contributed by atoms with Crippen LogP contribution in [-0.4, -0.2) is 52.1 Å². The lowest BCUT2D eigenvalue weighted by Crippen LogP contribution is -2.39. The topological polar surface area (TPSA) is 75.2 Å². The maximum absolute atomic E-state index is 11.8. The van der Waals surface area contributed by atoms with Crippen molar-refractivity contribution >= 4 is 23.6 Å². The van der Waals surface area contributed by atoms with Gasteiger partial charge in [0.15, 0.2) is 5.16 Å². The van der Waals surface area contributed by atoms with Crippen LogP contribution in [0.2, 0.25) is 0 Å². The summed E-state index contributed by atoms with van der Waals surface area (Å²) in [6.45, 7) is 5.48. The Hall–Kier alpha value is -1.63. The summed E-state index contributed by atoms with van der Waals surface area (Å²) in [6.07, 6.45) is 2.11. The molecule has 1 aromatic heterocycles. The van der Waals surface area contributed by atoms with Gasteiger partial charge in [-0.05, 0) is 32.8 Å². The molecule has 0 saturated carbocycles. The van der Waals surface area contributed by atoms with E-state index in [9.17, 15) is 9.59 Å². The molecule has 1 fully saturated rings. The molecule has 7 heteroatoms. The maximum Gasteiger partial charge on any atom is 0.241 e. The van der Waals surface area contributed by atoms with Gasteiger partial charge in [0.05, 0.1) is 12.3 Å². The number of amides is 2. The van der Waals surface area contributed by atoms with Crippen LogP contribution in [0, 0.1) is 13.8 Å². The fourth-order valence-corrected chi connectivity index (χ4v) is 2.97. The molecule has 0 atom stereocenters. The van der Waals surface area contributed by atoms with Crippen molar-refractivity contribution in [3.05, 3.63) is 17.5 Å². The molecule has 6 nitrogen and oxygen atoms in total. The first-order chi connectivity index (χ1) is 10.0. The lowest BCUT2D eigenvalue weighted by atomic mass is 10.4. The first-order valence-corrected chi connectivity index (χ1v) is 8.03. The van der Waals surface area contributed by atoms with Crippen molar-refractivity contribution in [3.63, 3.8) is 0 Å². The molecule has 2 heterocycles. The van der Waals surface area contributed by atoms with Crippen molar-refractivity contribution in [3.8, 4) is 0 Å². The van der Waals surface area contributed by atoms with Crippen molar-refractivity contribution in [1.82, 2.24) is 20.2 Å². The molecule has 1 aliphatic rings. The van der Waals surface area contributed by atoms with Gasteiger partial charge < -0.3 is 10.2 Å². The Morgan fingerprint density at radius 3 is 2.48 bits per heavy atom. The quantitative estimate of drug-likeness (QED) is 0.647. The number of hydrogen-bond acceptors (Lipinski definition) is 5. The van der Waals surface area contributed by atoms with Gasteiger partial charge in [-0.3, -0.25) is 9.59 Å². The molecule has 0 unspecified atom stereocenters. The van der Waals surface area contributed by atoms with E-state index in [0.717, 1.165) is 37.3 Å². The van der Waals surface area contributed by atoms with Crippen molar-refractivity contribution in [2.24, 2.45) is 0 Å². The minimum Gasteiger partial charge on any atom is -0.346 e. The maximum atomic E-state index is 11.8. The Balaban J connectivity index is 1.73. The zero-order valence-corrected chi connectivity index (χ0v) is 13.2. The molecule has 2 rings (SSSR count). The number of rotatable bonds is 5. The zero-order chi connectivity index (χ0) is 15.2. The molecule has 1 saturated heterocycles. The largest absolute Gasteiger partial charge is 0.346 e. The fourth-order valence-electron chi connectivity index (χ4n) is 2.19. The molecule has 0 spiro atoms. The van der Waals surface area contributed by atoms with E-state index in [2.05, 4.69) is 15.3 Å². The van der Waals surface area contributed by atoms with Crippen LogP contribution in [0.5, 0.6) is 0 Å². The molecule has 0 bridgehead atoms. The number of aryl methyl sites for hydroxylation is 2. The van der Waals surface area contributed by atoms with Gasteiger partial charge in [-0.2, -0.15) is 0 Å². The second-order valence-electron chi connectivity index (χ2n) is 5.09. The summed E-state index contributed by atoms with van der Waals surface area (Å²) in [5.41, 5.74) is 1.77. The van der Waals surface area contributed by atoms with E-state index in [1.165, 1.54) is 11.8 Å². The van der Waals surface area contributed by atoms with Gasteiger partial charge in [-0.15, -0.1) is 0 Å². The van der Waals surface area contributed by atoms with Gasteiger partial charge in [-0.1, -0.05) is 11.8 Å². The Morgan fingerprint density at radius 1 is 1.24 bits per heavy atom.